The highest BCUT2D eigenvalue weighted by atomic mass is 35.5. The SMILES string of the molecule is COc1cccc(N(CCN2C(=O)c3ccccc3C2=O)C(=O)c2cc(Cl)ccc2OC)c1. The van der Waals surface area contributed by atoms with Gasteiger partial charge < -0.3 is 14.4 Å². The summed E-state index contributed by atoms with van der Waals surface area (Å²) < 4.78 is 10.7. The summed E-state index contributed by atoms with van der Waals surface area (Å²) in [7, 11) is 3.00. The molecule has 1 aliphatic rings. The van der Waals surface area contributed by atoms with E-state index >= 15 is 0 Å². The van der Waals surface area contributed by atoms with Crippen molar-refractivity contribution in [1.82, 2.24) is 4.90 Å². The van der Waals surface area contributed by atoms with Gasteiger partial charge in [-0.15, -0.1) is 0 Å². The molecule has 168 valence electrons. The Bertz CT molecular complexity index is 1210. The highest BCUT2D eigenvalue weighted by Gasteiger charge is 2.35. The number of halogens is 1. The molecule has 0 atom stereocenters. The molecule has 0 radical (unpaired) electrons. The summed E-state index contributed by atoms with van der Waals surface area (Å²) in [6, 6.07) is 18.4. The molecule has 3 amide bonds. The zero-order valence-corrected chi connectivity index (χ0v) is 18.8. The Morgan fingerprint density at radius 1 is 0.909 bits per heavy atom. The van der Waals surface area contributed by atoms with Gasteiger partial charge in [0.15, 0.2) is 0 Å². The van der Waals surface area contributed by atoms with Crippen LogP contribution >= 0.6 is 11.6 Å². The van der Waals surface area contributed by atoms with Gasteiger partial charge in [-0.1, -0.05) is 29.8 Å². The fourth-order valence-corrected chi connectivity index (χ4v) is 3.93. The quantitative estimate of drug-likeness (QED) is 0.487. The number of rotatable bonds is 7. The molecular formula is C25H21ClN2O5. The van der Waals surface area contributed by atoms with Crippen molar-refractivity contribution in [2.45, 2.75) is 0 Å². The maximum absolute atomic E-state index is 13.6. The van der Waals surface area contributed by atoms with E-state index in [0.717, 1.165) is 4.90 Å². The van der Waals surface area contributed by atoms with Crippen LogP contribution in [0.4, 0.5) is 5.69 Å². The largest absolute Gasteiger partial charge is 0.497 e. The Kier molecular flexibility index (Phi) is 6.33. The third-order valence-corrected chi connectivity index (χ3v) is 5.66. The van der Waals surface area contributed by atoms with E-state index in [1.807, 2.05) is 0 Å². The van der Waals surface area contributed by atoms with Gasteiger partial charge in [0.1, 0.15) is 11.5 Å². The molecule has 4 rings (SSSR count). The number of hydrogen-bond acceptors (Lipinski definition) is 5. The van der Waals surface area contributed by atoms with Crippen molar-refractivity contribution < 1.29 is 23.9 Å². The fourth-order valence-electron chi connectivity index (χ4n) is 3.76. The van der Waals surface area contributed by atoms with Crippen molar-refractivity contribution in [3.63, 3.8) is 0 Å². The van der Waals surface area contributed by atoms with E-state index < -0.39 is 0 Å². The van der Waals surface area contributed by atoms with Gasteiger partial charge in [-0.05, 0) is 42.5 Å². The van der Waals surface area contributed by atoms with Crippen LogP contribution in [0.15, 0.2) is 66.7 Å². The number of carbonyl (C=O) groups excluding carboxylic acids is 3. The number of amides is 3. The summed E-state index contributed by atoms with van der Waals surface area (Å²) in [5, 5.41) is 0.380. The van der Waals surface area contributed by atoms with Crippen LogP contribution in [-0.2, 0) is 0 Å². The van der Waals surface area contributed by atoms with Crippen molar-refractivity contribution in [2.75, 3.05) is 32.2 Å². The average molecular weight is 465 g/mol. The van der Waals surface area contributed by atoms with Gasteiger partial charge in [-0.3, -0.25) is 19.3 Å². The van der Waals surface area contributed by atoms with Crippen LogP contribution in [0.1, 0.15) is 31.1 Å². The van der Waals surface area contributed by atoms with Gasteiger partial charge >= 0.3 is 0 Å². The number of imide groups is 1. The summed E-state index contributed by atoms with van der Waals surface area (Å²) in [5.74, 6) is -0.232. The topological polar surface area (TPSA) is 76.2 Å². The smallest absolute Gasteiger partial charge is 0.262 e. The van der Waals surface area contributed by atoms with Gasteiger partial charge in [0, 0.05) is 29.9 Å². The normalized spacial score (nSPS) is 12.5. The van der Waals surface area contributed by atoms with E-state index in [9.17, 15) is 14.4 Å². The number of benzene rings is 3. The van der Waals surface area contributed by atoms with E-state index in [0.29, 0.717) is 33.3 Å². The highest BCUT2D eigenvalue weighted by molar-refractivity contribution is 6.31. The van der Waals surface area contributed by atoms with Crippen LogP contribution in [0.2, 0.25) is 5.02 Å². The van der Waals surface area contributed by atoms with Crippen molar-refractivity contribution in [3.8, 4) is 11.5 Å². The van der Waals surface area contributed by atoms with E-state index in [1.165, 1.54) is 25.2 Å². The Balaban J connectivity index is 1.67. The Labute approximate surface area is 196 Å². The van der Waals surface area contributed by atoms with Gasteiger partial charge in [-0.2, -0.15) is 0 Å². The van der Waals surface area contributed by atoms with Crippen molar-refractivity contribution in [1.29, 1.82) is 0 Å². The standard InChI is InChI=1S/C25H21ClN2O5/c1-32-18-7-5-6-17(15-18)27(25(31)21-14-16(26)10-11-22(21)33-2)12-13-28-23(29)19-8-3-4-9-20(19)24(28)30/h3-11,14-15H,12-13H2,1-2H3. The second-order valence-corrected chi connectivity index (χ2v) is 7.75. The summed E-state index contributed by atoms with van der Waals surface area (Å²) in [5.41, 5.74) is 1.52. The van der Waals surface area contributed by atoms with Crippen molar-refractivity contribution in [3.05, 3.63) is 88.4 Å². The summed E-state index contributed by atoms with van der Waals surface area (Å²) >= 11 is 6.14. The molecule has 0 aromatic heterocycles. The molecule has 0 spiro atoms. The second-order valence-electron chi connectivity index (χ2n) is 7.31. The first-order valence-corrected chi connectivity index (χ1v) is 10.6. The number of nitrogens with zero attached hydrogens (tertiary/aromatic N) is 2. The molecule has 3 aromatic rings. The lowest BCUT2D eigenvalue weighted by Gasteiger charge is -2.26. The van der Waals surface area contributed by atoms with E-state index in [4.69, 9.17) is 21.1 Å². The van der Waals surface area contributed by atoms with Crippen LogP contribution < -0.4 is 14.4 Å². The first kappa shape index (κ1) is 22.4. The molecule has 1 heterocycles. The monoisotopic (exact) mass is 464 g/mol. The third-order valence-electron chi connectivity index (χ3n) is 5.43. The summed E-state index contributed by atoms with van der Waals surface area (Å²) in [6.45, 7) is 0.0747. The van der Waals surface area contributed by atoms with Crippen LogP contribution in [-0.4, -0.2) is 49.9 Å². The maximum Gasteiger partial charge on any atom is 0.262 e. The Morgan fingerprint density at radius 3 is 2.24 bits per heavy atom. The molecule has 1 aliphatic heterocycles. The molecule has 0 bridgehead atoms. The predicted octanol–water partition coefficient (Wildman–Crippen LogP) is 4.30. The Morgan fingerprint density at radius 2 is 1.61 bits per heavy atom. The lowest BCUT2D eigenvalue weighted by Crippen LogP contribution is -2.41. The van der Waals surface area contributed by atoms with Crippen molar-refractivity contribution in [2.24, 2.45) is 0 Å². The lowest BCUT2D eigenvalue weighted by atomic mass is 10.1. The summed E-state index contributed by atoms with van der Waals surface area (Å²) in [6.07, 6.45) is 0. The minimum absolute atomic E-state index is 0.0121. The Hall–Kier alpha value is -3.84. The molecule has 0 saturated heterocycles. The van der Waals surface area contributed by atoms with E-state index in [1.54, 1.807) is 60.7 Å². The van der Waals surface area contributed by atoms with Gasteiger partial charge in [-0.25, -0.2) is 0 Å². The second kappa shape index (κ2) is 9.34. The highest BCUT2D eigenvalue weighted by Crippen LogP contribution is 2.29. The van der Waals surface area contributed by atoms with Crippen molar-refractivity contribution >= 4 is 35.0 Å². The molecule has 7 nitrogen and oxygen atoms in total. The molecular weight excluding hydrogens is 444 g/mol. The average Bonchev–Trinajstić information content (AvgIpc) is 3.09. The molecule has 8 heteroatoms. The minimum atomic E-state index is -0.390. The van der Waals surface area contributed by atoms with Crippen LogP contribution in [0.5, 0.6) is 11.5 Å². The number of anilines is 1. The van der Waals surface area contributed by atoms with Crippen LogP contribution in [0.3, 0.4) is 0 Å². The number of carbonyl (C=O) groups is 3. The molecule has 0 fully saturated rings. The minimum Gasteiger partial charge on any atom is -0.497 e. The first-order chi connectivity index (χ1) is 15.9. The zero-order valence-electron chi connectivity index (χ0n) is 18.1. The lowest BCUT2D eigenvalue weighted by molar-refractivity contribution is 0.0654. The molecule has 0 aliphatic carbocycles. The predicted molar refractivity (Wildman–Crippen MR) is 124 cm³/mol. The van der Waals surface area contributed by atoms with Crippen LogP contribution in [0.25, 0.3) is 0 Å². The summed E-state index contributed by atoms with van der Waals surface area (Å²) in [4.78, 5) is 41.8. The van der Waals surface area contributed by atoms with E-state index in [2.05, 4.69) is 0 Å². The molecule has 0 unspecified atom stereocenters. The first-order valence-electron chi connectivity index (χ1n) is 10.2. The van der Waals surface area contributed by atoms with Gasteiger partial charge in [0.25, 0.3) is 17.7 Å². The molecule has 0 N–H and O–H groups in total. The van der Waals surface area contributed by atoms with Gasteiger partial charge in [0.2, 0.25) is 0 Å². The number of methoxy groups -OCH3 is 2. The van der Waals surface area contributed by atoms with Gasteiger partial charge in [0.05, 0.1) is 30.9 Å². The maximum atomic E-state index is 13.6. The number of hydrogen-bond donors (Lipinski definition) is 0. The molecule has 3 aromatic carbocycles. The number of fused-ring (bicyclic) bond motifs is 1. The third kappa shape index (κ3) is 4.27. The fraction of sp³-hybridized carbons (Fsp3) is 0.160. The van der Waals surface area contributed by atoms with Crippen LogP contribution in [0, 0.1) is 0 Å². The zero-order chi connectivity index (χ0) is 23.5. The molecule has 33 heavy (non-hydrogen) atoms. The number of ether oxygens (including phenoxy) is 2. The molecule has 0 saturated carbocycles. The van der Waals surface area contributed by atoms with E-state index in [-0.39, 0.29) is 36.4 Å².